The smallest absolute Gasteiger partial charge is 0.263 e. The van der Waals surface area contributed by atoms with Crippen molar-refractivity contribution in [2.24, 2.45) is 0 Å². The molecule has 0 aromatic heterocycles. The van der Waals surface area contributed by atoms with E-state index in [1.165, 1.54) is 4.31 Å². The molecule has 6 nitrogen and oxygen atoms in total. The maximum Gasteiger partial charge on any atom is 0.263 e. The van der Waals surface area contributed by atoms with E-state index in [1.54, 1.807) is 24.3 Å². The van der Waals surface area contributed by atoms with Gasteiger partial charge in [-0.1, -0.05) is 25.0 Å². The predicted octanol–water partition coefficient (Wildman–Crippen LogP) is 1.27. The molecule has 22 heavy (non-hydrogen) atoms. The fourth-order valence-electron chi connectivity index (χ4n) is 3.02. The van der Waals surface area contributed by atoms with Crippen molar-refractivity contribution in [1.29, 1.82) is 0 Å². The summed E-state index contributed by atoms with van der Waals surface area (Å²) in [6.45, 7) is 0.00833. The lowest BCUT2D eigenvalue weighted by atomic mass is 10.2. The van der Waals surface area contributed by atoms with Crippen molar-refractivity contribution >= 4 is 21.6 Å². The number of fused-ring (bicyclic) bond motifs is 1. The minimum atomic E-state index is -3.46. The number of anilines is 1. The summed E-state index contributed by atoms with van der Waals surface area (Å²) in [6, 6.07) is 7.06. The van der Waals surface area contributed by atoms with Gasteiger partial charge in [0, 0.05) is 6.04 Å². The van der Waals surface area contributed by atoms with Crippen LogP contribution in [0.1, 0.15) is 25.7 Å². The van der Waals surface area contributed by atoms with Crippen LogP contribution in [-0.4, -0.2) is 39.3 Å². The lowest BCUT2D eigenvalue weighted by Gasteiger charge is -2.34. The predicted molar refractivity (Wildman–Crippen MR) is 83.4 cm³/mol. The molecular weight excluding hydrogens is 304 g/mol. The van der Waals surface area contributed by atoms with Gasteiger partial charge in [0.05, 0.1) is 18.5 Å². The largest absolute Gasteiger partial charge is 0.476 e. The second-order valence-electron chi connectivity index (χ2n) is 5.86. The second-order valence-corrected chi connectivity index (χ2v) is 7.77. The monoisotopic (exact) mass is 324 g/mol. The van der Waals surface area contributed by atoms with Gasteiger partial charge >= 0.3 is 0 Å². The number of nitrogens with zero attached hydrogens (tertiary/aromatic N) is 1. The minimum Gasteiger partial charge on any atom is -0.476 e. The zero-order valence-electron chi connectivity index (χ0n) is 12.5. The van der Waals surface area contributed by atoms with E-state index in [4.69, 9.17) is 4.74 Å². The molecule has 1 atom stereocenters. The Morgan fingerprint density at radius 1 is 1.27 bits per heavy atom. The number of hydrogen-bond donors (Lipinski definition) is 1. The summed E-state index contributed by atoms with van der Waals surface area (Å²) >= 11 is 0. The highest BCUT2D eigenvalue weighted by Crippen LogP contribution is 2.34. The van der Waals surface area contributed by atoms with Crippen LogP contribution < -0.4 is 14.4 Å². The standard InChI is InChI=1S/C15H20N2O4S/c1-22(19,20)17-10-14(15(18)16-11-6-2-3-7-11)21-13-9-5-4-8-12(13)17/h4-5,8-9,11,14H,2-3,6-7,10H2,1H3,(H,16,18). The van der Waals surface area contributed by atoms with Crippen LogP contribution in [0.4, 0.5) is 5.69 Å². The van der Waals surface area contributed by atoms with Gasteiger partial charge < -0.3 is 10.1 Å². The topological polar surface area (TPSA) is 75.7 Å². The molecule has 1 aromatic rings. The molecule has 1 unspecified atom stereocenters. The third-order valence-electron chi connectivity index (χ3n) is 4.13. The van der Waals surface area contributed by atoms with E-state index in [1.807, 2.05) is 0 Å². The molecule has 0 spiro atoms. The quantitative estimate of drug-likeness (QED) is 0.908. The number of nitrogens with one attached hydrogen (secondary N) is 1. The van der Waals surface area contributed by atoms with Crippen LogP contribution in [0.25, 0.3) is 0 Å². The molecule has 1 saturated carbocycles. The van der Waals surface area contributed by atoms with E-state index in [-0.39, 0.29) is 18.5 Å². The number of benzene rings is 1. The number of hydrogen-bond acceptors (Lipinski definition) is 4. The maximum absolute atomic E-state index is 12.4. The van der Waals surface area contributed by atoms with Gasteiger partial charge in [0.2, 0.25) is 10.0 Å². The Labute approximate surface area is 130 Å². The summed E-state index contributed by atoms with van der Waals surface area (Å²) in [5.41, 5.74) is 0.481. The molecule has 1 N–H and O–H groups in total. The Kier molecular flexibility index (Phi) is 3.99. The first-order valence-corrected chi connectivity index (χ1v) is 9.34. The third kappa shape index (κ3) is 3.04. The Balaban J connectivity index is 1.82. The van der Waals surface area contributed by atoms with Crippen molar-refractivity contribution < 1.29 is 17.9 Å². The van der Waals surface area contributed by atoms with Crippen LogP contribution in [0.2, 0.25) is 0 Å². The van der Waals surface area contributed by atoms with Crippen LogP contribution in [0.3, 0.4) is 0 Å². The van der Waals surface area contributed by atoms with E-state index in [0.29, 0.717) is 11.4 Å². The highest BCUT2D eigenvalue weighted by Gasteiger charge is 2.35. The Morgan fingerprint density at radius 3 is 2.64 bits per heavy atom. The zero-order chi connectivity index (χ0) is 15.7. The molecule has 2 aliphatic rings. The van der Waals surface area contributed by atoms with E-state index < -0.39 is 16.1 Å². The van der Waals surface area contributed by atoms with Crippen molar-refractivity contribution in [3.63, 3.8) is 0 Å². The molecule has 1 aliphatic carbocycles. The van der Waals surface area contributed by atoms with Gasteiger partial charge in [0.15, 0.2) is 6.10 Å². The lowest BCUT2D eigenvalue weighted by Crippen LogP contribution is -2.52. The molecule has 3 rings (SSSR count). The second kappa shape index (κ2) is 5.79. The Hall–Kier alpha value is -1.76. The fourth-order valence-corrected chi connectivity index (χ4v) is 3.93. The molecule has 1 amide bonds. The molecule has 0 saturated heterocycles. The molecule has 1 aromatic carbocycles. The Morgan fingerprint density at radius 2 is 1.95 bits per heavy atom. The van der Waals surface area contributed by atoms with Crippen molar-refractivity contribution in [1.82, 2.24) is 5.32 Å². The van der Waals surface area contributed by atoms with Crippen LogP contribution >= 0.6 is 0 Å². The first kappa shape index (κ1) is 15.1. The van der Waals surface area contributed by atoms with Crippen molar-refractivity contribution in [2.45, 2.75) is 37.8 Å². The summed E-state index contributed by atoms with van der Waals surface area (Å²) in [5, 5.41) is 2.97. The van der Waals surface area contributed by atoms with Gasteiger partial charge in [-0.15, -0.1) is 0 Å². The first-order chi connectivity index (χ1) is 10.4. The number of ether oxygens (including phenoxy) is 1. The third-order valence-corrected chi connectivity index (χ3v) is 5.28. The summed E-state index contributed by atoms with van der Waals surface area (Å²) < 4.78 is 31.0. The van der Waals surface area contributed by atoms with Crippen molar-refractivity contribution in [2.75, 3.05) is 17.1 Å². The Bertz CT molecular complexity index is 668. The normalized spacial score (nSPS) is 22.0. The van der Waals surface area contributed by atoms with Crippen LogP contribution in [0.15, 0.2) is 24.3 Å². The number of rotatable bonds is 3. The summed E-state index contributed by atoms with van der Waals surface area (Å²) in [7, 11) is -3.46. The average Bonchev–Trinajstić information content (AvgIpc) is 2.98. The van der Waals surface area contributed by atoms with Gasteiger partial charge in [0.25, 0.3) is 5.91 Å². The van der Waals surface area contributed by atoms with Gasteiger partial charge in [-0.3, -0.25) is 9.10 Å². The summed E-state index contributed by atoms with van der Waals surface area (Å²) in [5.74, 6) is 0.181. The molecule has 120 valence electrons. The summed E-state index contributed by atoms with van der Waals surface area (Å²) in [4.78, 5) is 12.4. The summed E-state index contributed by atoms with van der Waals surface area (Å²) in [6.07, 6.45) is 4.52. The molecule has 1 fully saturated rings. The van der Waals surface area contributed by atoms with E-state index in [9.17, 15) is 13.2 Å². The fraction of sp³-hybridized carbons (Fsp3) is 0.533. The number of para-hydroxylation sites is 2. The molecule has 7 heteroatoms. The van der Waals surface area contributed by atoms with Gasteiger partial charge in [-0.25, -0.2) is 8.42 Å². The van der Waals surface area contributed by atoms with Crippen LogP contribution in [0.5, 0.6) is 5.75 Å². The van der Waals surface area contributed by atoms with Crippen molar-refractivity contribution in [3.8, 4) is 5.75 Å². The number of sulfonamides is 1. The van der Waals surface area contributed by atoms with Gasteiger partial charge in [0.1, 0.15) is 5.75 Å². The van der Waals surface area contributed by atoms with Crippen LogP contribution in [0, 0.1) is 0 Å². The van der Waals surface area contributed by atoms with Crippen LogP contribution in [-0.2, 0) is 14.8 Å². The molecule has 1 heterocycles. The maximum atomic E-state index is 12.4. The zero-order valence-corrected chi connectivity index (χ0v) is 13.3. The highest BCUT2D eigenvalue weighted by molar-refractivity contribution is 7.92. The molecule has 0 bridgehead atoms. The molecular formula is C15H20N2O4S. The lowest BCUT2D eigenvalue weighted by molar-refractivity contribution is -0.128. The minimum absolute atomic E-state index is 0.00833. The molecule has 0 radical (unpaired) electrons. The van der Waals surface area contributed by atoms with E-state index in [2.05, 4.69) is 5.32 Å². The average molecular weight is 324 g/mol. The number of amides is 1. The number of carbonyl (C=O) groups excluding carboxylic acids is 1. The van der Waals surface area contributed by atoms with Gasteiger partial charge in [-0.05, 0) is 25.0 Å². The molecule has 1 aliphatic heterocycles. The first-order valence-electron chi connectivity index (χ1n) is 7.49. The van der Waals surface area contributed by atoms with Crippen molar-refractivity contribution in [3.05, 3.63) is 24.3 Å². The number of carbonyl (C=O) groups is 1. The SMILES string of the molecule is CS(=O)(=O)N1CC(C(=O)NC2CCCC2)Oc2ccccc21. The van der Waals surface area contributed by atoms with E-state index in [0.717, 1.165) is 31.9 Å². The van der Waals surface area contributed by atoms with E-state index >= 15 is 0 Å². The van der Waals surface area contributed by atoms with Gasteiger partial charge in [-0.2, -0.15) is 0 Å². The highest BCUT2D eigenvalue weighted by atomic mass is 32.2.